The van der Waals surface area contributed by atoms with Crippen molar-refractivity contribution in [3.63, 3.8) is 0 Å². The fraction of sp³-hybridized carbons (Fsp3) is 1.00. The van der Waals surface area contributed by atoms with Crippen LogP contribution in [0.15, 0.2) is 0 Å². The predicted octanol–water partition coefficient (Wildman–Crippen LogP) is 2.54. The van der Waals surface area contributed by atoms with Crippen molar-refractivity contribution in [2.24, 2.45) is 0 Å². The molecule has 1 fully saturated rings. The van der Waals surface area contributed by atoms with Gasteiger partial charge in [-0.1, -0.05) is 0 Å². The van der Waals surface area contributed by atoms with E-state index in [9.17, 15) is 30.7 Å². The van der Waals surface area contributed by atoms with Gasteiger partial charge in [-0.2, -0.15) is 30.7 Å². The number of hydrogen-bond acceptors (Lipinski definition) is 2. The van der Waals surface area contributed by atoms with Gasteiger partial charge in [0.15, 0.2) is 6.29 Å². The van der Waals surface area contributed by atoms with E-state index in [1.54, 1.807) is 0 Å². The van der Waals surface area contributed by atoms with Gasteiger partial charge < -0.3 is 9.47 Å². The molecule has 0 aliphatic carbocycles. The molecule has 0 amide bonds. The molecule has 1 saturated heterocycles. The van der Waals surface area contributed by atoms with Gasteiger partial charge >= 0.3 is 18.2 Å². The first-order chi connectivity index (χ1) is 6.48. The lowest BCUT2D eigenvalue weighted by atomic mass is 10.1. The highest BCUT2D eigenvalue weighted by Crippen LogP contribution is 2.49. The molecule has 1 rings (SSSR count). The van der Waals surface area contributed by atoms with Gasteiger partial charge in [-0.05, 0) is 6.92 Å². The Morgan fingerprint density at radius 1 is 1.07 bits per heavy atom. The maximum Gasteiger partial charge on any atom is 0.451 e. The third-order valence-corrected chi connectivity index (χ3v) is 1.69. The van der Waals surface area contributed by atoms with Crippen molar-refractivity contribution in [1.29, 1.82) is 0 Å². The van der Waals surface area contributed by atoms with Crippen LogP contribution in [0.25, 0.3) is 0 Å². The Balaban J connectivity index is 3.06. The summed E-state index contributed by atoms with van der Waals surface area (Å²) in [5.74, 6) is -4.84. The predicted molar refractivity (Wildman–Crippen MR) is 31.4 cm³/mol. The van der Waals surface area contributed by atoms with Crippen molar-refractivity contribution in [2.75, 3.05) is 0 Å². The summed E-state index contributed by atoms with van der Waals surface area (Å²) in [7, 11) is 0. The Bertz CT molecular complexity index is 247. The highest BCUT2D eigenvalue weighted by Gasteiger charge is 2.74. The minimum absolute atomic E-state index is 0.742. The molecule has 1 aliphatic heterocycles. The topological polar surface area (TPSA) is 18.5 Å². The van der Waals surface area contributed by atoms with Crippen LogP contribution < -0.4 is 0 Å². The highest BCUT2D eigenvalue weighted by atomic mass is 19.4. The van der Waals surface area contributed by atoms with E-state index < -0.39 is 30.6 Å². The SMILES string of the molecule is CC1OC(C(F)(F)F)C(F)(C(F)(F)F)O1. The first kappa shape index (κ1) is 12.5. The molecule has 0 bridgehead atoms. The Hall–Kier alpha value is -0.570. The normalized spacial score (nSPS) is 38.4. The standard InChI is InChI=1S/C6H5F7O2/c1-2-14-3(5(8,9)10)4(7,15-2)6(11,12)13/h2-3H,1H3. The second-order valence-corrected chi connectivity index (χ2v) is 2.89. The van der Waals surface area contributed by atoms with Gasteiger partial charge in [0.05, 0.1) is 0 Å². The molecule has 0 aromatic carbocycles. The smallest absolute Gasteiger partial charge is 0.334 e. The summed E-state index contributed by atoms with van der Waals surface area (Å²) < 4.78 is 92.4. The van der Waals surface area contributed by atoms with Crippen LogP contribution in [0.3, 0.4) is 0 Å². The molecule has 3 unspecified atom stereocenters. The number of hydrogen-bond donors (Lipinski definition) is 0. The zero-order valence-corrected chi connectivity index (χ0v) is 7.12. The zero-order chi connectivity index (χ0) is 12.1. The van der Waals surface area contributed by atoms with Crippen molar-refractivity contribution in [1.82, 2.24) is 0 Å². The van der Waals surface area contributed by atoms with Gasteiger partial charge in [-0.3, -0.25) is 0 Å². The largest absolute Gasteiger partial charge is 0.451 e. The quantitative estimate of drug-likeness (QED) is 0.607. The Morgan fingerprint density at radius 3 is 1.80 bits per heavy atom. The van der Waals surface area contributed by atoms with Gasteiger partial charge in [0.2, 0.25) is 6.10 Å². The minimum atomic E-state index is -5.81. The summed E-state index contributed by atoms with van der Waals surface area (Å²) in [6, 6.07) is 0. The fourth-order valence-electron chi connectivity index (χ4n) is 1.11. The third kappa shape index (κ3) is 2.03. The van der Waals surface area contributed by atoms with Crippen LogP contribution in [0.1, 0.15) is 6.92 Å². The lowest BCUT2D eigenvalue weighted by Gasteiger charge is -2.27. The van der Waals surface area contributed by atoms with Gasteiger partial charge in [0, 0.05) is 0 Å². The van der Waals surface area contributed by atoms with Crippen LogP contribution >= 0.6 is 0 Å². The Labute approximate surface area is 78.9 Å². The van der Waals surface area contributed by atoms with Crippen LogP contribution in [0.4, 0.5) is 30.7 Å². The summed E-state index contributed by atoms with van der Waals surface area (Å²) in [6.45, 7) is 0.742. The van der Waals surface area contributed by atoms with Gasteiger partial charge in [0.25, 0.3) is 0 Å². The van der Waals surface area contributed by atoms with Crippen molar-refractivity contribution < 1.29 is 40.2 Å². The van der Waals surface area contributed by atoms with Crippen molar-refractivity contribution in [3.8, 4) is 0 Å². The summed E-state index contributed by atoms with van der Waals surface area (Å²) in [5.41, 5.74) is 0. The average molecular weight is 242 g/mol. The fourth-order valence-corrected chi connectivity index (χ4v) is 1.11. The molecular weight excluding hydrogens is 237 g/mol. The monoisotopic (exact) mass is 242 g/mol. The van der Waals surface area contributed by atoms with Crippen LogP contribution in [-0.4, -0.2) is 30.6 Å². The maximum atomic E-state index is 13.0. The molecule has 0 N–H and O–H groups in total. The molecule has 0 spiro atoms. The third-order valence-electron chi connectivity index (χ3n) is 1.69. The van der Waals surface area contributed by atoms with Crippen LogP contribution in [0.2, 0.25) is 0 Å². The van der Waals surface area contributed by atoms with Gasteiger partial charge in [0.1, 0.15) is 0 Å². The van der Waals surface area contributed by atoms with E-state index >= 15 is 0 Å². The van der Waals surface area contributed by atoms with E-state index in [1.165, 1.54) is 0 Å². The summed E-state index contributed by atoms with van der Waals surface area (Å²) >= 11 is 0. The van der Waals surface area contributed by atoms with Crippen LogP contribution in [0.5, 0.6) is 0 Å². The lowest BCUT2D eigenvalue weighted by Crippen LogP contribution is -2.54. The van der Waals surface area contributed by atoms with E-state index in [4.69, 9.17) is 0 Å². The molecule has 90 valence electrons. The molecule has 1 heterocycles. The average Bonchev–Trinajstić information content (AvgIpc) is 2.24. The van der Waals surface area contributed by atoms with Gasteiger partial charge in [-0.25, -0.2) is 0 Å². The first-order valence-corrected chi connectivity index (χ1v) is 3.64. The molecule has 2 nitrogen and oxygen atoms in total. The maximum absolute atomic E-state index is 13.0. The molecule has 0 aromatic rings. The lowest BCUT2D eigenvalue weighted by molar-refractivity contribution is -0.354. The van der Waals surface area contributed by atoms with E-state index in [0.29, 0.717) is 0 Å². The molecule has 0 saturated carbocycles. The molecule has 15 heavy (non-hydrogen) atoms. The van der Waals surface area contributed by atoms with Crippen molar-refractivity contribution in [3.05, 3.63) is 0 Å². The molecular formula is C6H5F7O2. The number of ether oxygens (including phenoxy) is 2. The molecule has 0 radical (unpaired) electrons. The van der Waals surface area contributed by atoms with Crippen LogP contribution in [-0.2, 0) is 9.47 Å². The number of alkyl halides is 7. The molecule has 9 heteroatoms. The summed E-state index contributed by atoms with van der Waals surface area (Å²) in [6.07, 6.45) is -16.9. The summed E-state index contributed by atoms with van der Waals surface area (Å²) in [4.78, 5) is 0. The first-order valence-electron chi connectivity index (χ1n) is 3.64. The molecule has 0 aromatic heterocycles. The highest BCUT2D eigenvalue weighted by molar-refractivity contribution is 4.94. The van der Waals surface area contributed by atoms with E-state index in [0.717, 1.165) is 6.92 Å². The van der Waals surface area contributed by atoms with Crippen molar-refractivity contribution >= 4 is 0 Å². The second kappa shape index (κ2) is 3.21. The summed E-state index contributed by atoms with van der Waals surface area (Å²) in [5, 5.41) is 0. The molecule has 1 aliphatic rings. The number of halogens is 7. The minimum Gasteiger partial charge on any atom is -0.334 e. The number of rotatable bonds is 0. The van der Waals surface area contributed by atoms with E-state index in [-0.39, 0.29) is 0 Å². The molecule has 3 atom stereocenters. The van der Waals surface area contributed by atoms with Crippen molar-refractivity contribution in [2.45, 2.75) is 37.5 Å². The Kier molecular flexibility index (Phi) is 2.67. The van der Waals surface area contributed by atoms with Gasteiger partial charge in [-0.15, -0.1) is 0 Å². The zero-order valence-electron chi connectivity index (χ0n) is 7.12. The Morgan fingerprint density at radius 2 is 1.53 bits per heavy atom. The van der Waals surface area contributed by atoms with E-state index in [2.05, 4.69) is 9.47 Å². The van der Waals surface area contributed by atoms with E-state index in [1.807, 2.05) is 0 Å². The van der Waals surface area contributed by atoms with Crippen LogP contribution in [0, 0.1) is 0 Å². The second-order valence-electron chi connectivity index (χ2n) is 2.89.